The summed E-state index contributed by atoms with van der Waals surface area (Å²) in [4.78, 5) is 21.7. The second kappa shape index (κ2) is 4.40. The molecule has 0 saturated heterocycles. The van der Waals surface area contributed by atoms with E-state index in [-0.39, 0.29) is 6.54 Å². The van der Waals surface area contributed by atoms with E-state index >= 15 is 0 Å². The van der Waals surface area contributed by atoms with Crippen molar-refractivity contribution < 1.29 is 14.3 Å². The van der Waals surface area contributed by atoms with Crippen LogP contribution in [0.4, 0.5) is 0 Å². The molecule has 6 nitrogen and oxygen atoms in total. The fraction of sp³-hybridized carbons (Fsp3) is 0.375. The van der Waals surface area contributed by atoms with Crippen LogP contribution >= 0.6 is 0 Å². The Morgan fingerprint density at radius 3 is 2.86 bits per heavy atom. The summed E-state index contributed by atoms with van der Waals surface area (Å²) in [7, 11) is 1.16. The maximum absolute atomic E-state index is 11.0. The Hall–Kier alpha value is -1.85. The SMILES string of the molecule is COC(=O)C(=O)NCc1cn[nH]c1C. The molecular weight excluding hydrogens is 186 g/mol. The van der Waals surface area contributed by atoms with E-state index in [4.69, 9.17) is 0 Å². The van der Waals surface area contributed by atoms with Crippen molar-refractivity contribution in [2.75, 3.05) is 7.11 Å². The smallest absolute Gasteiger partial charge is 0.396 e. The zero-order valence-electron chi connectivity index (χ0n) is 7.96. The van der Waals surface area contributed by atoms with Crippen LogP contribution in [0.2, 0.25) is 0 Å². The molecule has 0 atom stereocenters. The fourth-order valence-electron chi connectivity index (χ4n) is 0.894. The summed E-state index contributed by atoms with van der Waals surface area (Å²) in [6.07, 6.45) is 1.59. The summed E-state index contributed by atoms with van der Waals surface area (Å²) in [5, 5.41) is 8.89. The van der Waals surface area contributed by atoms with Crippen LogP contribution in [0.1, 0.15) is 11.3 Å². The highest BCUT2D eigenvalue weighted by Crippen LogP contribution is 2.00. The predicted molar refractivity (Wildman–Crippen MR) is 47.2 cm³/mol. The van der Waals surface area contributed by atoms with E-state index in [2.05, 4.69) is 20.3 Å². The molecule has 0 aromatic carbocycles. The predicted octanol–water partition coefficient (Wildman–Crippen LogP) is -0.493. The molecule has 1 aromatic heterocycles. The fourth-order valence-corrected chi connectivity index (χ4v) is 0.894. The zero-order valence-corrected chi connectivity index (χ0v) is 7.96. The van der Waals surface area contributed by atoms with Gasteiger partial charge < -0.3 is 10.1 Å². The van der Waals surface area contributed by atoms with Gasteiger partial charge in [-0.3, -0.25) is 9.89 Å². The highest BCUT2D eigenvalue weighted by atomic mass is 16.5. The zero-order chi connectivity index (χ0) is 10.6. The van der Waals surface area contributed by atoms with Gasteiger partial charge >= 0.3 is 11.9 Å². The van der Waals surface area contributed by atoms with Crippen LogP contribution in [0, 0.1) is 6.92 Å². The lowest BCUT2D eigenvalue weighted by molar-refractivity contribution is -0.152. The van der Waals surface area contributed by atoms with E-state index in [1.807, 2.05) is 6.92 Å². The molecule has 0 aliphatic heterocycles. The van der Waals surface area contributed by atoms with E-state index < -0.39 is 11.9 Å². The molecule has 1 amide bonds. The van der Waals surface area contributed by atoms with Gasteiger partial charge in [0.1, 0.15) is 0 Å². The monoisotopic (exact) mass is 197 g/mol. The average Bonchev–Trinajstić information content (AvgIpc) is 2.59. The van der Waals surface area contributed by atoms with Gasteiger partial charge in [-0.2, -0.15) is 5.10 Å². The third-order valence-corrected chi connectivity index (χ3v) is 1.74. The molecule has 0 spiro atoms. The van der Waals surface area contributed by atoms with Crippen LogP contribution in [-0.4, -0.2) is 29.2 Å². The number of methoxy groups -OCH3 is 1. The largest absolute Gasteiger partial charge is 0.462 e. The minimum Gasteiger partial charge on any atom is -0.462 e. The van der Waals surface area contributed by atoms with Crippen molar-refractivity contribution in [1.29, 1.82) is 0 Å². The first-order chi connectivity index (χ1) is 6.65. The first-order valence-corrected chi connectivity index (χ1v) is 4.00. The number of rotatable bonds is 2. The normalized spacial score (nSPS) is 9.57. The highest BCUT2D eigenvalue weighted by molar-refractivity contribution is 6.32. The lowest BCUT2D eigenvalue weighted by Gasteiger charge is -2.01. The summed E-state index contributed by atoms with van der Waals surface area (Å²) < 4.78 is 4.24. The topological polar surface area (TPSA) is 84.1 Å². The molecule has 0 radical (unpaired) electrons. The van der Waals surface area contributed by atoms with Crippen molar-refractivity contribution in [3.63, 3.8) is 0 Å². The van der Waals surface area contributed by atoms with Gasteiger partial charge in [0.05, 0.1) is 13.3 Å². The van der Waals surface area contributed by atoms with E-state index in [0.717, 1.165) is 18.4 Å². The number of aryl methyl sites for hydroxylation is 1. The molecule has 0 aliphatic carbocycles. The Morgan fingerprint density at radius 2 is 2.36 bits per heavy atom. The Balaban J connectivity index is 2.45. The maximum atomic E-state index is 11.0. The molecule has 1 heterocycles. The van der Waals surface area contributed by atoms with Gasteiger partial charge in [-0.15, -0.1) is 0 Å². The molecule has 0 aliphatic rings. The minimum atomic E-state index is -0.897. The quantitative estimate of drug-likeness (QED) is 0.495. The second-order valence-corrected chi connectivity index (χ2v) is 2.69. The van der Waals surface area contributed by atoms with Crippen molar-refractivity contribution in [1.82, 2.24) is 15.5 Å². The van der Waals surface area contributed by atoms with Gasteiger partial charge in [0.15, 0.2) is 0 Å². The third kappa shape index (κ3) is 2.32. The third-order valence-electron chi connectivity index (χ3n) is 1.74. The van der Waals surface area contributed by atoms with Gasteiger partial charge in [0, 0.05) is 17.8 Å². The molecule has 1 aromatic rings. The van der Waals surface area contributed by atoms with Crippen molar-refractivity contribution >= 4 is 11.9 Å². The van der Waals surface area contributed by atoms with Gasteiger partial charge in [-0.1, -0.05) is 0 Å². The van der Waals surface area contributed by atoms with Crippen LogP contribution in [0.25, 0.3) is 0 Å². The van der Waals surface area contributed by atoms with Crippen LogP contribution in [0.15, 0.2) is 6.20 Å². The summed E-state index contributed by atoms with van der Waals surface area (Å²) in [5.41, 5.74) is 1.69. The molecule has 2 N–H and O–H groups in total. The number of nitrogens with zero attached hydrogens (tertiary/aromatic N) is 1. The van der Waals surface area contributed by atoms with Gasteiger partial charge in [-0.05, 0) is 6.92 Å². The van der Waals surface area contributed by atoms with Crippen molar-refractivity contribution in [3.05, 3.63) is 17.5 Å². The summed E-state index contributed by atoms with van der Waals surface area (Å²) in [6.45, 7) is 2.09. The number of esters is 1. The Morgan fingerprint density at radius 1 is 1.64 bits per heavy atom. The van der Waals surface area contributed by atoms with Crippen molar-refractivity contribution in [2.45, 2.75) is 13.5 Å². The molecule has 14 heavy (non-hydrogen) atoms. The Labute approximate surface area is 80.6 Å². The number of H-pyrrole nitrogens is 1. The first-order valence-electron chi connectivity index (χ1n) is 4.00. The van der Waals surface area contributed by atoms with Gasteiger partial charge in [-0.25, -0.2) is 4.79 Å². The van der Waals surface area contributed by atoms with Gasteiger partial charge in [0.25, 0.3) is 0 Å². The van der Waals surface area contributed by atoms with E-state index in [1.165, 1.54) is 0 Å². The van der Waals surface area contributed by atoms with E-state index in [1.54, 1.807) is 6.20 Å². The van der Waals surface area contributed by atoms with Crippen LogP contribution in [0.3, 0.4) is 0 Å². The van der Waals surface area contributed by atoms with Crippen LogP contribution in [-0.2, 0) is 20.9 Å². The minimum absolute atomic E-state index is 0.260. The molecule has 0 saturated carbocycles. The molecule has 0 unspecified atom stereocenters. The molecule has 0 fully saturated rings. The number of hydrogen-bond donors (Lipinski definition) is 2. The summed E-state index contributed by atoms with van der Waals surface area (Å²) in [5.74, 6) is -1.65. The number of carbonyl (C=O) groups is 2. The maximum Gasteiger partial charge on any atom is 0.396 e. The molecule has 76 valence electrons. The van der Waals surface area contributed by atoms with Crippen molar-refractivity contribution in [2.24, 2.45) is 0 Å². The van der Waals surface area contributed by atoms with Crippen molar-refractivity contribution in [3.8, 4) is 0 Å². The van der Waals surface area contributed by atoms with E-state index in [0.29, 0.717) is 0 Å². The number of amides is 1. The van der Waals surface area contributed by atoms with E-state index in [9.17, 15) is 9.59 Å². The molecule has 6 heteroatoms. The second-order valence-electron chi connectivity index (χ2n) is 2.69. The summed E-state index contributed by atoms with van der Waals surface area (Å²) in [6, 6.07) is 0. The molecule has 1 rings (SSSR count). The Kier molecular flexibility index (Phi) is 3.22. The Bertz CT molecular complexity index is 345. The molecule has 0 bridgehead atoms. The number of aromatic nitrogens is 2. The van der Waals surface area contributed by atoms with Gasteiger partial charge in [0.2, 0.25) is 0 Å². The number of carbonyl (C=O) groups excluding carboxylic acids is 2. The standard InChI is InChI=1S/C8H11N3O3/c1-5-6(4-10-11-5)3-9-7(12)8(13)14-2/h4H,3H2,1-2H3,(H,9,12)(H,10,11). The number of nitrogens with one attached hydrogen (secondary N) is 2. The lowest BCUT2D eigenvalue weighted by Crippen LogP contribution is -2.31. The number of ether oxygens (including phenoxy) is 1. The number of aromatic amines is 1. The number of hydrogen-bond acceptors (Lipinski definition) is 4. The first kappa shape index (κ1) is 10.2. The average molecular weight is 197 g/mol. The highest BCUT2D eigenvalue weighted by Gasteiger charge is 2.13. The summed E-state index contributed by atoms with van der Waals surface area (Å²) >= 11 is 0. The van der Waals surface area contributed by atoms with Crippen LogP contribution < -0.4 is 5.32 Å². The van der Waals surface area contributed by atoms with Crippen LogP contribution in [0.5, 0.6) is 0 Å². The lowest BCUT2D eigenvalue weighted by atomic mass is 10.2. The molecular formula is C8H11N3O3.